The van der Waals surface area contributed by atoms with Gasteiger partial charge < -0.3 is 10.1 Å². The third kappa shape index (κ3) is 4.09. The second-order valence-corrected chi connectivity index (χ2v) is 4.07. The second kappa shape index (κ2) is 6.82. The molecule has 0 amide bonds. The summed E-state index contributed by atoms with van der Waals surface area (Å²) < 4.78 is 5.08. The molecule has 0 aromatic rings. The first kappa shape index (κ1) is 11.5. The molecule has 0 saturated carbocycles. The summed E-state index contributed by atoms with van der Waals surface area (Å²) in [7, 11) is 0. The largest absolute Gasteiger partial charge is 0.465 e. The lowest BCUT2D eigenvalue weighted by Gasteiger charge is -2.25. The molecule has 1 unspecified atom stereocenters. The van der Waals surface area contributed by atoms with Crippen molar-refractivity contribution >= 4 is 6.47 Å². The monoisotopic (exact) mass is 199 g/mol. The quantitative estimate of drug-likeness (QED) is 0.662. The molecule has 1 heterocycles. The number of nitrogens with one attached hydrogen (secondary N) is 1. The Morgan fingerprint density at radius 1 is 1.50 bits per heavy atom. The normalized spacial score (nSPS) is 20.4. The zero-order chi connectivity index (χ0) is 10.2. The van der Waals surface area contributed by atoms with Gasteiger partial charge in [0.05, 0.1) is 0 Å². The van der Waals surface area contributed by atoms with E-state index in [2.05, 4.69) is 12.2 Å². The van der Waals surface area contributed by atoms with Crippen molar-refractivity contribution in [3.05, 3.63) is 0 Å². The lowest BCUT2D eigenvalue weighted by Crippen LogP contribution is -2.30. The van der Waals surface area contributed by atoms with E-state index in [-0.39, 0.29) is 6.10 Å². The van der Waals surface area contributed by atoms with E-state index in [9.17, 15) is 4.79 Å². The molecule has 3 heteroatoms. The van der Waals surface area contributed by atoms with E-state index in [4.69, 9.17) is 4.74 Å². The molecule has 0 aliphatic carbocycles. The molecule has 82 valence electrons. The van der Waals surface area contributed by atoms with Crippen LogP contribution in [0.25, 0.3) is 0 Å². The maximum atomic E-state index is 10.3. The molecule has 0 bridgehead atoms. The highest BCUT2D eigenvalue weighted by molar-refractivity contribution is 5.37. The number of rotatable bonds is 6. The number of hydrogen-bond acceptors (Lipinski definition) is 3. The van der Waals surface area contributed by atoms with Crippen molar-refractivity contribution in [1.82, 2.24) is 5.32 Å². The third-order valence-corrected chi connectivity index (χ3v) is 2.91. The predicted molar refractivity (Wildman–Crippen MR) is 56.1 cm³/mol. The standard InChI is InChI=1S/C11H21NO2/c1-2-3-11(14-9-13)8-10-4-6-12-7-5-10/h9-12H,2-8H2,1H3. The van der Waals surface area contributed by atoms with Crippen LogP contribution >= 0.6 is 0 Å². The maximum Gasteiger partial charge on any atom is 0.293 e. The van der Waals surface area contributed by atoms with E-state index < -0.39 is 0 Å². The van der Waals surface area contributed by atoms with Gasteiger partial charge in [-0.05, 0) is 44.7 Å². The molecule has 1 atom stereocenters. The lowest BCUT2D eigenvalue weighted by molar-refractivity contribution is -0.134. The van der Waals surface area contributed by atoms with Crippen molar-refractivity contribution in [3.8, 4) is 0 Å². The Balaban J connectivity index is 2.25. The zero-order valence-electron chi connectivity index (χ0n) is 9.00. The molecular weight excluding hydrogens is 178 g/mol. The van der Waals surface area contributed by atoms with Crippen LogP contribution in [0.2, 0.25) is 0 Å². The summed E-state index contributed by atoms with van der Waals surface area (Å²) in [6.45, 7) is 4.96. The average molecular weight is 199 g/mol. The predicted octanol–water partition coefficient (Wildman–Crippen LogP) is 1.72. The molecule has 0 radical (unpaired) electrons. The minimum absolute atomic E-state index is 0.153. The fraction of sp³-hybridized carbons (Fsp3) is 0.909. The van der Waals surface area contributed by atoms with E-state index >= 15 is 0 Å². The molecule has 1 aliphatic heterocycles. The lowest BCUT2D eigenvalue weighted by atomic mass is 9.91. The van der Waals surface area contributed by atoms with Crippen molar-refractivity contribution in [2.45, 2.75) is 45.1 Å². The van der Waals surface area contributed by atoms with Gasteiger partial charge in [0.15, 0.2) is 0 Å². The van der Waals surface area contributed by atoms with Crippen LogP contribution in [0.1, 0.15) is 39.0 Å². The highest BCUT2D eigenvalue weighted by atomic mass is 16.5. The van der Waals surface area contributed by atoms with Crippen LogP contribution in [0.4, 0.5) is 0 Å². The van der Waals surface area contributed by atoms with Crippen LogP contribution in [-0.4, -0.2) is 25.7 Å². The highest BCUT2D eigenvalue weighted by Gasteiger charge is 2.18. The first-order valence-electron chi connectivity index (χ1n) is 5.66. The summed E-state index contributed by atoms with van der Waals surface area (Å²) in [6, 6.07) is 0. The summed E-state index contributed by atoms with van der Waals surface area (Å²) in [5, 5.41) is 3.34. The molecule has 1 saturated heterocycles. The van der Waals surface area contributed by atoms with Crippen LogP contribution in [0.5, 0.6) is 0 Å². The number of ether oxygens (including phenoxy) is 1. The van der Waals surface area contributed by atoms with Gasteiger partial charge in [-0.2, -0.15) is 0 Å². The van der Waals surface area contributed by atoms with Crippen LogP contribution in [0.15, 0.2) is 0 Å². The van der Waals surface area contributed by atoms with E-state index in [1.54, 1.807) is 0 Å². The van der Waals surface area contributed by atoms with Crippen LogP contribution in [-0.2, 0) is 9.53 Å². The van der Waals surface area contributed by atoms with Gasteiger partial charge in [-0.15, -0.1) is 0 Å². The Bertz CT molecular complexity index is 155. The summed E-state index contributed by atoms with van der Waals surface area (Å²) in [6.07, 6.45) is 5.74. The van der Waals surface area contributed by atoms with Crippen molar-refractivity contribution in [3.63, 3.8) is 0 Å². The molecule has 1 aliphatic rings. The van der Waals surface area contributed by atoms with Gasteiger partial charge in [-0.25, -0.2) is 0 Å². The number of hydrogen-bond donors (Lipinski definition) is 1. The summed E-state index contributed by atoms with van der Waals surface area (Å²) in [5.74, 6) is 0.743. The van der Waals surface area contributed by atoms with E-state index in [0.29, 0.717) is 6.47 Å². The third-order valence-electron chi connectivity index (χ3n) is 2.91. The summed E-state index contributed by atoms with van der Waals surface area (Å²) in [5.41, 5.74) is 0. The van der Waals surface area contributed by atoms with Gasteiger partial charge >= 0.3 is 0 Å². The summed E-state index contributed by atoms with van der Waals surface area (Å²) >= 11 is 0. The Hall–Kier alpha value is -0.570. The Labute approximate surface area is 86.2 Å². The van der Waals surface area contributed by atoms with Crippen molar-refractivity contribution in [2.24, 2.45) is 5.92 Å². The van der Waals surface area contributed by atoms with Gasteiger partial charge in [-0.3, -0.25) is 4.79 Å². The minimum atomic E-state index is 0.153. The molecule has 1 fully saturated rings. The Morgan fingerprint density at radius 3 is 2.79 bits per heavy atom. The van der Waals surface area contributed by atoms with Crippen LogP contribution in [0, 0.1) is 5.92 Å². The maximum absolute atomic E-state index is 10.3. The van der Waals surface area contributed by atoms with Gasteiger partial charge in [0, 0.05) is 0 Å². The number of carbonyl (C=O) groups is 1. The molecule has 1 rings (SSSR count). The second-order valence-electron chi connectivity index (χ2n) is 4.07. The smallest absolute Gasteiger partial charge is 0.293 e. The number of carbonyl (C=O) groups excluding carboxylic acids is 1. The van der Waals surface area contributed by atoms with E-state index in [1.807, 2.05) is 0 Å². The first-order valence-corrected chi connectivity index (χ1v) is 5.66. The van der Waals surface area contributed by atoms with Crippen molar-refractivity contribution in [1.29, 1.82) is 0 Å². The molecule has 3 nitrogen and oxygen atoms in total. The van der Waals surface area contributed by atoms with Crippen molar-refractivity contribution in [2.75, 3.05) is 13.1 Å². The molecule has 0 spiro atoms. The van der Waals surface area contributed by atoms with Gasteiger partial charge in [0.2, 0.25) is 0 Å². The summed E-state index contributed by atoms with van der Waals surface area (Å²) in [4.78, 5) is 10.3. The molecule has 14 heavy (non-hydrogen) atoms. The molecule has 0 aromatic carbocycles. The fourth-order valence-corrected chi connectivity index (χ4v) is 2.13. The fourth-order valence-electron chi connectivity index (χ4n) is 2.13. The molecule has 1 N–H and O–H groups in total. The minimum Gasteiger partial charge on any atom is -0.465 e. The first-order chi connectivity index (χ1) is 6.86. The highest BCUT2D eigenvalue weighted by Crippen LogP contribution is 2.21. The van der Waals surface area contributed by atoms with E-state index in [1.165, 1.54) is 12.8 Å². The molecular formula is C11H21NO2. The zero-order valence-corrected chi connectivity index (χ0v) is 9.00. The number of piperidine rings is 1. The van der Waals surface area contributed by atoms with Crippen LogP contribution < -0.4 is 5.32 Å². The average Bonchev–Trinajstić information content (AvgIpc) is 2.20. The van der Waals surface area contributed by atoms with Crippen LogP contribution in [0.3, 0.4) is 0 Å². The van der Waals surface area contributed by atoms with Gasteiger partial charge in [-0.1, -0.05) is 13.3 Å². The van der Waals surface area contributed by atoms with Gasteiger partial charge in [0.25, 0.3) is 6.47 Å². The molecule has 0 aromatic heterocycles. The topological polar surface area (TPSA) is 38.3 Å². The Kier molecular flexibility index (Phi) is 5.60. The Morgan fingerprint density at radius 2 is 2.21 bits per heavy atom. The van der Waals surface area contributed by atoms with E-state index in [0.717, 1.165) is 38.3 Å². The van der Waals surface area contributed by atoms with Crippen molar-refractivity contribution < 1.29 is 9.53 Å². The SMILES string of the molecule is CCCC(CC1CCNCC1)OC=O. The van der Waals surface area contributed by atoms with Gasteiger partial charge in [0.1, 0.15) is 6.10 Å².